The summed E-state index contributed by atoms with van der Waals surface area (Å²) in [7, 11) is 0. The van der Waals surface area contributed by atoms with Crippen molar-refractivity contribution in [2.45, 2.75) is 38.2 Å². The molecular weight excluding hydrogens is 580 g/mol. The van der Waals surface area contributed by atoms with E-state index >= 15 is 0 Å². The molecule has 6 rings (SSSR count). The maximum Gasteiger partial charge on any atom is 0.417 e. The normalized spacial score (nSPS) is 22.4. The Labute approximate surface area is 257 Å². The van der Waals surface area contributed by atoms with Gasteiger partial charge in [0.05, 0.1) is 5.56 Å². The lowest BCUT2D eigenvalue weighted by Crippen LogP contribution is -2.58. The molecule has 3 aromatic rings. The molecule has 11 nitrogen and oxygen atoms in total. The number of aromatic hydroxyl groups is 1. The highest BCUT2D eigenvalue weighted by Crippen LogP contribution is 2.53. The second-order valence-corrected chi connectivity index (χ2v) is 11.5. The number of phenols is 1. The topological polar surface area (TPSA) is 196 Å². The van der Waals surface area contributed by atoms with Crippen LogP contribution < -0.4 is 15.8 Å². The smallest absolute Gasteiger partial charge is 0.417 e. The fourth-order valence-electron chi connectivity index (χ4n) is 6.67. The van der Waals surface area contributed by atoms with Crippen LogP contribution in [-0.4, -0.2) is 49.6 Å². The molecule has 0 aliphatic heterocycles. The molecule has 0 radical (unpaired) electrons. The van der Waals surface area contributed by atoms with E-state index in [-0.39, 0.29) is 29.7 Å². The molecule has 11 heteroatoms. The molecule has 0 spiro atoms. The third-order valence-corrected chi connectivity index (χ3v) is 8.93. The molecule has 0 unspecified atom stereocenters. The van der Waals surface area contributed by atoms with E-state index in [1.165, 1.54) is 6.07 Å². The number of nitrogens with two attached hydrogens (primary N) is 1. The van der Waals surface area contributed by atoms with Gasteiger partial charge in [0.25, 0.3) is 5.91 Å². The summed E-state index contributed by atoms with van der Waals surface area (Å²) in [6.45, 7) is 2.03. The average Bonchev–Trinajstić information content (AvgIpc) is 3.00. The van der Waals surface area contributed by atoms with Crippen LogP contribution in [0.4, 0.5) is 10.5 Å². The van der Waals surface area contributed by atoms with Gasteiger partial charge in [-0.15, -0.1) is 0 Å². The Balaban J connectivity index is 1.30. The van der Waals surface area contributed by atoms with E-state index in [4.69, 9.17) is 10.5 Å². The van der Waals surface area contributed by atoms with E-state index in [9.17, 15) is 39.6 Å². The number of benzene rings is 3. The average molecular weight is 611 g/mol. The van der Waals surface area contributed by atoms with Crippen LogP contribution in [0.3, 0.4) is 0 Å². The number of Topliss-reactive ketones (excluding diaryl/α,β-unsaturated/α-hetero) is 2. The van der Waals surface area contributed by atoms with E-state index in [1.54, 1.807) is 42.5 Å². The van der Waals surface area contributed by atoms with Crippen molar-refractivity contribution in [3.63, 3.8) is 0 Å². The number of ketones is 2. The second-order valence-electron chi connectivity index (χ2n) is 11.5. The summed E-state index contributed by atoms with van der Waals surface area (Å²) in [4.78, 5) is 50.6. The number of carbonyl (C=O) groups is 4. The van der Waals surface area contributed by atoms with Crippen molar-refractivity contribution in [3.05, 3.63) is 94.3 Å². The molecule has 2 amide bonds. The number of ether oxygens (including phenoxy) is 1. The molecule has 3 aliphatic carbocycles. The molecular formula is C34H30N2O9. The van der Waals surface area contributed by atoms with E-state index in [1.807, 2.05) is 19.1 Å². The Hall–Kier alpha value is -5.42. The third kappa shape index (κ3) is 4.81. The fourth-order valence-corrected chi connectivity index (χ4v) is 6.67. The van der Waals surface area contributed by atoms with Gasteiger partial charge in [-0.1, -0.05) is 37.3 Å². The van der Waals surface area contributed by atoms with Crippen LogP contribution in [0.1, 0.15) is 36.5 Å². The fraction of sp³-hybridized carbons (Fsp3) is 0.235. The molecule has 0 saturated heterocycles. The van der Waals surface area contributed by atoms with Crippen LogP contribution in [0.25, 0.3) is 16.9 Å². The highest BCUT2D eigenvalue weighted by atomic mass is 16.6. The minimum Gasteiger partial charge on any atom is -0.508 e. The van der Waals surface area contributed by atoms with Gasteiger partial charge >= 0.3 is 6.09 Å². The first kappa shape index (κ1) is 29.6. The third-order valence-electron chi connectivity index (χ3n) is 8.93. The Kier molecular flexibility index (Phi) is 7.20. The number of primary amides is 1. The van der Waals surface area contributed by atoms with E-state index in [0.717, 1.165) is 12.0 Å². The molecule has 1 fully saturated rings. The number of hydrogen-bond donors (Lipinski definition) is 6. The lowest BCUT2D eigenvalue weighted by molar-refractivity contribution is -0.147. The maximum absolute atomic E-state index is 13.7. The largest absolute Gasteiger partial charge is 0.508 e. The first-order valence-corrected chi connectivity index (χ1v) is 14.4. The molecule has 230 valence electrons. The van der Waals surface area contributed by atoms with E-state index < -0.39 is 64.5 Å². The summed E-state index contributed by atoms with van der Waals surface area (Å²) in [6.07, 6.45) is 0.00959. The summed E-state index contributed by atoms with van der Waals surface area (Å²) in [5, 5.41) is 46.9. The minimum absolute atomic E-state index is 0.000462. The Morgan fingerprint density at radius 1 is 0.978 bits per heavy atom. The lowest BCUT2D eigenvalue weighted by atomic mass is 9.59. The molecule has 45 heavy (non-hydrogen) atoms. The Morgan fingerprint density at radius 2 is 1.67 bits per heavy atom. The summed E-state index contributed by atoms with van der Waals surface area (Å²) < 4.78 is 5.35. The highest BCUT2D eigenvalue weighted by Gasteiger charge is 2.60. The van der Waals surface area contributed by atoms with Crippen molar-refractivity contribution in [3.8, 4) is 22.6 Å². The predicted octanol–water partition coefficient (Wildman–Crippen LogP) is 4.26. The number of aliphatic hydroxyl groups is 3. The standard InChI is InChI=1S/C34H30N2O9/c1-2-16-3-9-21(10-4-16)45-33(43)36-20-7-5-17(6-8-20)22-11-12-24(37)27-23(22)14-18-13-19-15-25(38)28(32(35)42)31(41)34(19,44)30(40)26(18)29(27)39/h3-12,18-19,37,39,41,44H,2,13-15H2,1H3,(H2,35,42)(H,36,43)/t18-,19+,34+/m1/s1. The number of anilines is 1. The van der Waals surface area contributed by atoms with Crippen molar-refractivity contribution in [2.75, 3.05) is 5.32 Å². The number of fused-ring (bicyclic) bond motifs is 3. The number of hydrogen-bond acceptors (Lipinski definition) is 9. The first-order chi connectivity index (χ1) is 21.4. The van der Waals surface area contributed by atoms with Gasteiger partial charge in [-0.3, -0.25) is 19.7 Å². The van der Waals surface area contributed by atoms with Gasteiger partial charge in [-0.2, -0.15) is 0 Å². The summed E-state index contributed by atoms with van der Waals surface area (Å²) in [6, 6.07) is 17.1. The van der Waals surface area contributed by atoms with Gasteiger partial charge in [0.1, 0.15) is 28.6 Å². The van der Waals surface area contributed by atoms with Gasteiger partial charge in [0, 0.05) is 23.6 Å². The number of aryl methyl sites for hydroxylation is 1. The van der Waals surface area contributed by atoms with Crippen molar-refractivity contribution < 1.29 is 44.3 Å². The van der Waals surface area contributed by atoms with Gasteiger partial charge < -0.3 is 30.9 Å². The second kappa shape index (κ2) is 10.9. The van der Waals surface area contributed by atoms with Crippen LogP contribution in [0, 0.1) is 11.8 Å². The van der Waals surface area contributed by atoms with Crippen molar-refractivity contribution in [2.24, 2.45) is 17.6 Å². The molecule has 0 heterocycles. The van der Waals surface area contributed by atoms with Crippen molar-refractivity contribution in [1.82, 2.24) is 0 Å². The molecule has 3 aliphatic rings. The lowest BCUT2D eigenvalue weighted by Gasteiger charge is -2.46. The maximum atomic E-state index is 13.7. The zero-order chi connectivity index (χ0) is 32.2. The first-order valence-electron chi connectivity index (χ1n) is 14.4. The quantitative estimate of drug-likeness (QED) is 0.229. The summed E-state index contributed by atoms with van der Waals surface area (Å²) in [5.74, 6) is -6.39. The van der Waals surface area contributed by atoms with Crippen LogP contribution in [0.2, 0.25) is 0 Å². The molecule has 7 N–H and O–H groups in total. The number of phenolic OH excluding ortho intramolecular Hbond substituents is 1. The Morgan fingerprint density at radius 3 is 2.31 bits per heavy atom. The molecule has 0 bridgehead atoms. The number of carbonyl (C=O) groups excluding carboxylic acids is 4. The predicted molar refractivity (Wildman–Crippen MR) is 162 cm³/mol. The van der Waals surface area contributed by atoms with Gasteiger partial charge in [0.2, 0.25) is 5.78 Å². The monoisotopic (exact) mass is 610 g/mol. The molecule has 3 aromatic carbocycles. The number of nitrogens with one attached hydrogen (secondary N) is 1. The van der Waals surface area contributed by atoms with Crippen molar-refractivity contribution in [1.29, 1.82) is 0 Å². The van der Waals surface area contributed by atoms with Crippen LogP contribution in [0.5, 0.6) is 11.5 Å². The molecule has 3 atom stereocenters. The Bertz CT molecular complexity index is 1840. The molecule has 1 saturated carbocycles. The van der Waals surface area contributed by atoms with E-state index in [2.05, 4.69) is 5.32 Å². The SMILES string of the molecule is CCc1ccc(OC(=O)Nc2ccc(-c3ccc(O)c4c3C[C@H]3C[C@H]5CC(=O)C(C(N)=O)=C(O)[C@@]5(O)C(=O)C3=C4O)cc2)cc1. The summed E-state index contributed by atoms with van der Waals surface area (Å²) >= 11 is 0. The number of amides is 2. The van der Waals surface area contributed by atoms with Gasteiger partial charge in [-0.25, -0.2) is 4.79 Å². The van der Waals surface area contributed by atoms with Crippen LogP contribution in [-0.2, 0) is 27.2 Å². The van der Waals surface area contributed by atoms with Gasteiger partial charge in [-0.05, 0) is 77.8 Å². The van der Waals surface area contributed by atoms with Crippen LogP contribution >= 0.6 is 0 Å². The highest BCUT2D eigenvalue weighted by molar-refractivity contribution is 6.22. The van der Waals surface area contributed by atoms with Crippen LogP contribution in [0.15, 0.2) is 77.6 Å². The summed E-state index contributed by atoms with van der Waals surface area (Å²) in [5.41, 5.74) is 5.03. The molecule has 0 aromatic heterocycles. The zero-order valence-corrected chi connectivity index (χ0v) is 24.2. The van der Waals surface area contributed by atoms with Gasteiger partial charge in [0.15, 0.2) is 11.4 Å². The van der Waals surface area contributed by atoms with Crippen molar-refractivity contribution >= 4 is 35.0 Å². The minimum atomic E-state index is -2.62. The number of rotatable bonds is 5. The number of aliphatic hydroxyl groups excluding tert-OH is 2. The zero-order valence-electron chi connectivity index (χ0n) is 24.2. The van der Waals surface area contributed by atoms with E-state index in [0.29, 0.717) is 28.1 Å².